The number of ketones is 1. The van der Waals surface area contributed by atoms with Crippen LogP contribution in [0.5, 0.6) is 11.5 Å². The number of hydrogen-bond donors (Lipinski definition) is 1. The molecule has 42 heavy (non-hydrogen) atoms. The van der Waals surface area contributed by atoms with Crippen molar-refractivity contribution >= 4 is 17.7 Å². The molecular formula is C34H33NO7. The maximum atomic E-state index is 13.9. The van der Waals surface area contributed by atoms with Crippen molar-refractivity contribution in [1.29, 1.82) is 0 Å². The Kier molecular flexibility index (Phi) is 8.43. The third-order valence-electron chi connectivity index (χ3n) is 7.80. The van der Waals surface area contributed by atoms with Gasteiger partial charge in [0.25, 0.3) is 0 Å². The summed E-state index contributed by atoms with van der Waals surface area (Å²) in [6.45, 7) is 1.93. The second-order valence-corrected chi connectivity index (χ2v) is 10.3. The number of nitrogens with one attached hydrogen (secondary N) is 1. The molecule has 1 aliphatic carbocycles. The van der Waals surface area contributed by atoms with Crippen molar-refractivity contribution in [3.8, 4) is 11.5 Å². The SMILES string of the molecule is COC(=O)c1ccc([C@H]2C(C(=O)OCc3ccccc3)=C(C)NC3=C2C(=O)C[C@H](c2ccc(OC)c(OC)c2)C3)cc1. The summed E-state index contributed by atoms with van der Waals surface area (Å²) in [5.41, 5.74) is 5.20. The molecule has 0 bridgehead atoms. The summed E-state index contributed by atoms with van der Waals surface area (Å²) < 4.78 is 21.5. The molecule has 0 fully saturated rings. The van der Waals surface area contributed by atoms with Gasteiger partial charge in [-0.25, -0.2) is 9.59 Å². The minimum atomic E-state index is -0.657. The molecule has 8 heteroatoms. The summed E-state index contributed by atoms with van der Waals surface area (Å²) in [6, 6.07) is 21.9. The lowest BCUT2D eigenvalue weighted by Crippen LogP contribution is -2.36. The van der Waals surface area contributed by atoms with Crippen LogP contribution in [0.4, 0.5) is 0 Å². The van der Waals surface area contributed by atoms with Crippen LogP contribution in [-0.2, 0) is 25.7 Å². The van der Waals surface area contributed by atoms with E-state index in [0.29, 0.717) is 45.9 Å². The highest BCUT2D eigenvalue weighted by Crippen LogP contribution is 2.46. The first kappa shape index (κ1) is 28.7. The number of hydrogen-bond acceptors (Lipinski definition) is 8. The lowest BCUT2D eigenvalue weighted by Gasteiger charge is -2.36. The average Bonchev–Trinajstić information content (AvgIpc) is 3.02. The Bertz CT molecular complexity index is 1570. The Morgan fingerprint density at radius 3 is 2.19 bits per heavy atom. The summed E-state index contributed by atoms with van der Waals surface area (Å²) in [6.07, 6.45) is 0.828. The highest BCUT2D eigenvalue weighted by molar-refractivity contribution is 6.04. The Morgan fingerprint density at radius 1 is 0.833 bits per heavy atom. The van der Waals surface area contributed by atoms with Crippen molar-refractivity contribution in [2.75, 3.05) is 21.3 Å². The molecule has 1 aliphatic heterocycles. The number of benzene rings is 3. The van der Waals surface area contributed by atoms with Crippen molar-refractivity contribution in [1.82, 2.24) is 5.32 Å². The van der Waals surface area contributed by atoms with Crippen LogP contribution in [0, 0.1) is 0 Å². The molecule has 5 rings (SSSR count). The predicted molar refractivity (Wildman–Crippen MR) is 156 cm³/mol. The molecule has 2 atom stereocenters. The van der Waals surface area contributed by atoms with E-state index >= 15 is 0 Å². The van der Waals surface area contributed by atoms with Crippen molar-refractivity contribution in [3.63, 3.8) is 0 Å². The normalized spacial score (nSPS) is 18.1. The van der Waals surface area contributed by atoms with Gasteiger partial charge in [-0.05, 0) is 60.2 Å². The van der Waals surface area contributed by atoms with E-state index in [9.17, 15) is 14.4 Å². The number of carbonyl (C=O) groups excluding carboxylic acids is 3. The smallest absolute Gasteiger partial charge is 0.337 e. The van der Waals surface area contributed by atoms with E-state index in [2.05, 4.69) is 5.32 Å². The molecule has 2 aliphatic rings. The van der Waals surface area contributed by atoms with E-state index in [4.69, 9.17) is 18.9 Å². The molecule has 0 spiro atoms. The van der Waals surface area contributed by atoms with Crippen LogP contribution in [0.3, 0.4) is 0 Å². The molecular weight excluding hydrogens is 534 g/mol. The molecule has 0 unspecified atom stereocenters. The van der Waals surface area contributed by atoms with Crippen LogP contribution in [-0.4, -0.2) is 39.1 Å². The number of esters is 2. The molecule has 0 saturated heterocycles. The number of carbonyl (C=O) groups is 3. The van der Waals surface area contributed by atoms with Gasteiger partial charge in [-0.3, -0.25) is 4.79 Å². The third-order valence-corrected chi connectivity index (χ3v) is 7.80. The Hall–Kier alpha value is -4.85. The minimum Gasteiger partial charge on any atom is -0.493 e. The second-order valence-electron chi connectivity index (χ2n) is 10.3. The minimum absolute atomic E-state index is 0.0635. The van der Waals surface area contributed by atoms with Crippen LogP contribution in [0.2, 0.25) is 0 Å². The zero-order valence-electron chi connectivity index (χ0n) is 24.1. The summed E-state index contributed by atoms with van der Waals surface area (Å²) >= 11 is 0. The number of allylic oxidation sites excluding steroid dienone is 3. The number of rotatable bonds is 8. The number of methoxy groups -OCH3 is 3. The van der Waals surface area contributed by atoms with E-state index in [1.807, 2.05) is 55.5 Å². The summed E-state index contributed by atoms with van der Waals surface area (Å²) in [7, 11) is 4.49. The van der Waals surface area contributed by atoms with Gasteiger partial charge in [-0.15, -0.1) is 0 Å². The van der Waals surface area contributed by atoms with Crippen molar-refractivity contribution in [2.24, 2.45) is 0 Å². The highest BCUT2D eigenvalue weighted by atomic mass is 16.5. The fourth-order valence-electron chi connectivity index (χ4n) is 5.72. The maximum Gasteiger partial charge on any atom is 0.337 e. The molecule has 3 aromatic carbocycles. The monoisotopic (exact) mass is 567 g/mol. The zero-order chi connectivity index (χ0) is 29.8. The van der Waals surface area contributed by atoms with Crippen LogP contribution >= 0.6 is 0 Å². The quantitative estimate of drug-likeness (QED) is 0.352. The predicted octanol–water partition coefficient (Wildman–Crippen LogP) is 5.60. The second kappa shape index (κ2) is 12.3. The van der Waals surface area contributed by atoms with Gasteiger partial charge < -0.3 is 24.3 Å². The van der Waals surface area contributed by atoms with Gasteiger partial charge in [0.15, 0.2) is 17.3 Å². The molecule has 1 heterocycles. The molecule has 0 radical (unpaired) electrons. The Balaban J connectivity index is 1.52. The first-order valence-electron chi connectivity index (χ1n) is 13.7. The molecule has 0 aromatic heterocycles. The standard InChI is InChI=1S/C34H33NO7/c1-20-30(34(38)42-19-21-8-6-5-7-9-21)31(22-10-12-23(13-11-22)33(37)41-4)32-26(35-20)16-25(17-27(32)36)24-14-15-28(39-2)29(18-24)40-3/h5-15,18,25,31,35H,16-17,19H2,1-4H3/t25-,31+/m1/s1. The molecule has 3 aromatic rings. The Morgan fingerprint density at radius 2 is 1.52 bits per heavy atom. The van der Waals surface area contributed by atoms with Crippen LogP contribution in [0.25, 0.3) is 0 Å². The van der Waals surface area contributed by atoms with E-state index in [1.54, 1.807) is 38.5 Å². The van der Waals surface area contributed by atoms with Gasteiger partial charge in [-0.1, -0.05) is 48.5 Å². The number of Topliss-reactive ketones (excluding diaryl/α,β-unsaturated/α-hetero) is 1. The van der Waals surface area contributed by atoms with E-state index in [0.717, 1.165) is 16.8 Å². The summed E-state index contributed by atoms with van der Waals surface area (Å²) in [4.78, 5) is 39.7. The molecule has 0 saturated carbocycles. The number of ether oxygens (including phenoxy) is 4. The maximum absolute atomic E-state index is 13.9. The average molecular weight is 568 g/mol. The van der Waals surface area contributed by atoms with Gasteiger partial charge in [0.1, 0.15) is 6.61 Å². The fraction of sp³-hybridized carbons (Fsp3) is 0.265. The largest absolute Gasteiger partial charge is 0.493 e. The third kappa shape index (κ3) is 5.65. The zero-order valence-corrected chi connectivity index (χ0v) is 24.1. The van der Waals surface area contributed by atoms with E-state index in [1.165, 1.54) is 7.11 Å². The lowest BCUT2D eigenvalue weighted by molar-refractivity contribution is -0.140. The molecule has 0 amide bonds. The highest BCUT2D eigenvalue weighted by Gasteiger charge is 2.41. The van der Waals surface area contributed by atoms with E-state index in [-0.39, 0.29) is 24.7 Å². The van der Waals surface area contributed by atoms with Crippen molar-refractivity contribution < 1.29 is 33.3 Å². The van der Waals surface area contributed by atoms with Gasteiger partial charge in [0.05, 0.1) is 32.5 Å². The summed E-state index contributed by atoms with van der Waals surface area (Å²) in [5, 5.41) is 3.37. The van der Waals surface area contributed by atoms with Crippen LogP contribution in [0.15, 0.2) is 95.3 Å². The number of dihydropyridines is 1. The fourth-order valence-corrected chi connectivity index (χ4v) is 5.72. The molecule has 216 valence electrons. The topological polar surface area (TPSA) is 100 Å². The van der Waals surface area contributed by atoms with E-state index < -0.39 is 17.9 Å². The first-order valence-corrected chi connectivity index (χ1v) is 13.7. The van der Waals surface area contributed by atoms with Crippen LogP contribution in [0.1, 0.15) is 58.6 Å². The van der Waals surface area contributed by atoms with Gasteiger partial charge in [-0.2, -0.15) is 0 Å². The Labute approximate surface area is 244 Å². The molecule has 1 N–H and O–H groups in total. The van der Waals surface area contributed by atoms with Crippen molar-refractivity contribution in [2.45, 2.75) is 38.2 Å². The lowest BCUT2D eigenvalue weighted by atomic mass is 9.71. The van der Waals surface area contributed by atoms with Crippen molar-refractivity contribution in [3.05, 3.63) is 118 Å². The van der Waals surface area contributed by atoms with Gasteiger partial charge >= 0.3 is 11.9 Å². The summed E-state index contributed by atoms with van der Waals surface area (Å²) in [5.74, 6) is -0.569. The van der Waals surface area contributed by atoms with Crippen LogP contribution < -0.4 is 14.8 Å². The van der Waals surface area contributed by atoms with Gasteiger partial charge in [0, 0.05) is 29.3 Å². The van der Waals surface area contributed by atoms with Gasteiger partial charge in [0.2, 0.25) is 0 Å². The first-order chi connectivity index (χ1) is 20.3. The molecule has 8 nitrogen and oxygen atoms in total.